The summed E-state index contributed by atoms with van der Waals surface area (Å²) in [6, 6.07) is 127. The average Bonchev–Trinajstić information content (AvgIpc) is 0.744. The molecule has 0 aliphatic heterocycles. The van der Waals surface area contributed by atoms with Crippen LogP contribution in [0.4, 0.5) is 0 Å². The fraction of sp³-hybridized carbons (Fsp3) is 0. The molecule has 2 nitrogen and oxygen atoms in total. The molecule has 442 valence electrons. The maximum absolute atomic E-state index is 8.94. The molecule has 16 aromatic carbocycles. The summed E-state index contributed by atoms with van der Waals surface area (Å²) >= 11 is 7.38. The van der Waals surface area contributed by atoms with Gasteiger partial charge < -0.3 is 10.0 Å². The highest BCUT2D eigenvalue weighted by Gasteiger charge is 2.21. The lowest BCUT2D eigenvalue weighted by Crippen LogP contribution is -2.29. The molecule has 0 amide bonds. The molecule has 93 heavy (non-hydrogen) atoms. The second kappa shape index (κ2) is 27.5. The molecule has 0 aliphatic carbocycles. The Morgan fingerprint density at radius 3 is 0.634 bits per heavy atom. The van der Waals surface area contributed by atoms with Crippen molar-refractivity contribution in [3.05, 3.63) is 367 Å². The van der Waals surface area contributed by atoms with Crippen LogP contribution in [0.5, 0.6) is 0 Å². The third kappa shape index (κ3) is 12.9. The normalized spacial score (nSPS) is 11.0. The van der Waals surface area contributed by atoms with Crippen LogP contribution in [-0.2, 0) is 0 Å². The lowest BCUT2D eigenvalue weighted by molar-refractivity contribution is 0.426. The van der Waals surface area contributed by atoms with Crippen LogP contribution in [0.1, 0.15) is 0 Å². The third-order valence-electron chi connectivity index (χ3n) is 17.4. The van der Waals surface area contributed by atoms with Crippen molar-refractivity contribution in [3.63, 3.8) is 0 Å². The summed E-state index contributed by atoms with van der Waals surface area (Å²) in [7, 11) is -1.39. The molecule has 0 aromatic heterocycles. The summed E-state index contributed by atoms with van der Waals surface area (Å²) in [6.07, 6.45) is 0. The predicted molar refractivity (Wildman–Crippen MR) is 403 cm³/mol. The zero-order valence-electron chi connectivity index (χ0n) is 50.8. The van der Waals surface area contributed by atoms with Crippen molar-refractivity contribution in [2.75, 3.05) is 0 Å². The van der Waals surface area contributed by atoms with E-state index >= 15 is 0 Å². The second-order valence-electron chi connectivity index (χ2n) is 23.1. The van der Waals surface area contributed by atoms with E-state index in [0.29, 0.717) is 5.46 Å². The standard InChI is InChI=1S/C50H34.C26H16Br2.C12H11BO2/c1-5-13-35(14-6-1)37-21-25-39(26-22-37)43-29-31-45-47(33-43)50(42-19-11-4-12-20-42)48-34-44(30-32-46(48)49(45)41-17-9-3-10-18-41)40-27-23-38(24-28-40)36-15-7-2-8-16-36;27-19-11-13-21-23(15-19)26(18-9-5-2-6-10-18)24-16-20(28)12-14-22(24)25(21)17-7-3-1-4-8-17;14-13(15)12-8-6-11(7-9-12)10-4-2-1-3-5-10/h1-34H;1-16H;1-9,14-15H. The van der Waals surface area contributed by atoms with Gasteiger partial charge in [-0.15, -0.1) is 0 Å². The van der Waals surface area contributed by atoms with E-state index in [4.69, 9.17) is 10.0 Å². The maximum Gasteiger partial charge on any atom is 0.488 e. The Balaban J connectivity index is 0.000000145. The Morgan fingerprint density at radius 1 is 0.172 bits per heavy atom. The van der Waals surface area contributed by atoms with Gasteiger partial charge in [-0.3, -0.25) is 0 Å². The van der Waals surface area contributed by atoms with Crippen LogP contribution in [0, 0.1) is 0 Å². The highest BCUT2D eigenvalue weighted by atomic mass is 79.9. The fourth-order valence-corrected chi connectivity index (χ4v) is 13.6. The molecule has 0 fully saturated rings. The van der Waals surface area contributed by atoms with E-state index in [0.717, 1.165) is 20.1 Å². The molecule has 0 radical (unpaired) electrons. The molecule has 0 heterocycles. The van der Waals surface area contributed by atoms with Gasteiger partial charge in [0.2, 0.25) is 0 Å². The minimum atomic E-state index is -1.39. The lowest BCUT2D eigenvalue weighted by Gasteiger charge is -2.20. The van der Waals surface area contributed by atoms with Crippen molar-refractivity contribution >= 4 is 87.5 Å². The smallest absolute Gasteiger partial charge is 0.423 e. The number of fused-ring (bicyclic) bond motifs is 4. The van der Waals surface area contributed by atoms with Crippen LogP contribution in [0.15, 0.2) is 367 Å². The quantitative estimate of drug-likeness (QED) is 0.106. The van der Waals surface area contributed by atoms with E-state index < -0.39 is 7.12 Å². The largest absolute Gasteiger partial charge is 0.488 e. The molecule has 0 unspecified atom stereocenters. The molecule has 0 atom stereocenters. The summed E-state index contributed by atoms with van der Waals surface area (Å²) in [5.41, 5.74) is 22.4. The Bertz CT molecular complexity index is 5020. The number of rotatable bonds is 10. The first-order chi connectivity index (χ1) is 45.8. The van der Waals surface area contributed by atoms with Gasteiger partial charge in [0.15, 0.2) is 0 Å². The summed E-state index contributed by atoms with van der Waals surface area (Å²) in [4.78, 5) is 0. The lowest BCUT2D eigenvalue weighted by atomic mass is 9.80. The van der Waals surface area contributed by atoms with Gasteiger partial charge in [-0.1, -0.05) is 353 Å². The second-order valence-corrected chi connectivity index (χ2v) is 24.9. The minimum Gasteiger partial charge on any atom is -0.423 e. The molecule has 16 rings (SSSR count). The zero-order valence-corrected chi connectivity index (χ0v) is 54.0. The SMILES string of the molecule is Brc1ccc2c(-c3ccccc3)c3ccc(Br)cc3c(-c3ccccc3)c2c1.OB(O)c1ccc(-c2ccccc2)cc1.c1ccc(-c2ccc(-c3ccc4c(-c5ccccc5)c5ccc(-c6ccc(-c7ccccc7)cc6)cc5c(-c5ccccc5)c4c3)cc2)cc1. The van der Waals surface area contributed by atoms with Crippen LogP contribution in [0.2, 0.25) is 0 Å². The Labute approximate surface area is 560 Å². The van der Waals surface area contributed by atoms with Crippen molar-refractivity contribution in [1.29, 1.82) is 0 Å². The van der Waals surface area contributed by atoms with Crippen molar-refractivity contribution in [1.82, 2.24) is 0 Å². The molecule has 0 saturated heterocycles. The molecule has 0 spiro atoms. The van der Waals surface area contributed by atoms with Crippen LogP contribution >= 0.6 is 31.9 Å². The maximum atomic E-state index is 8.94. The third-order valence-corrected chi connectivity index (χ3v) is 18.4. The monoisotopic (exact) mass is 1320 g/mol. The highest BCUT2D eigenvalue weighted by Crippen LogP contribution is 2.48. The van der Waals surface area contributed by atoms with Crippen LogP contribution in [0.3, 0.4) is 0 Å². The van der Waals surface area contributed by atoms with Gasteiger partial charge in [0.25, 0.3) is 0 Å². The van der Waals surface area contributed by atoms with Gasteiger partial charge >= 0.3 is 7.12 Å². The average molecular weight is 1320 g/mol. The Morgan fingerprint density at radius 2 is 0.366 bits per heavy atom. The molecule has 0 aliphatic rings. The first kappa shape index (κ1) is 60.1. The van der Waals surface area contributed by atoms with Gasteiger partial charge in [0.1, 0.15) is 0 Å². The Kier molecular flexibility index (Phi) is 17.8. The number of hydrogen-bond donors (Lipinski definition) is 2. The number of benzene rings is 16. The molecule has 5 heteroatoms. The van der Waals surface area contributed by atoms with E-state index in [1.807, 2.05) is 42.5 Å². The topological polar surface area (TPSA) is 40.5 Å². The van der Waals surface area contributed by atoms with Crippen LogP contribution in [0.25, 0.3) is 143 Å². The fourth-order valence-electron chi connectivity index (χ4n) is 12.9. The van der Waals surface area contributed by atoms with Gasteiger partial charge in [-0.2, -0.15) is 0 Å². The van der Waals surface area contributed by atoms with Crippen molar-refractivity contribution in [2.24, 2.45) is 0 Å². The van der Waals surface area contributed by atoms with E-state index in [-0.39, 0.29) is 0 Å². The van der Waals surface area contributed by atoms with Gasteiger partial charge in [0.05, 0.1) is 0 Å². The molecular weight excluding hydrogens is 1260 g/mol. The van der Waals surface area contributed by atoms with Crippen LogP contribution < -0.4 is 5.46 Å². The van der Waals surface area contributed by atoms with Crippen molar-refractivity contribution < 1.29 is 10.0 Å². The van der Waals surface area contributed by atoms with E-state index in [1.165, 1.54) is 132 Å². The number of hydrogen-bond acceptors (Lipinski definition) is 2. The summed E-state index contributed by atoms with van der Waals surface area (Å²) in [5.74, 6) is 0. The van der Waals surface area contributed by atoms with Gasteiger partial charge in [-0.05, 0) is 185 Å². The minimum absolute atomic E-state index is 0.509. The van der Waals surface area contributed by atoms with Gasteiger partial charge in [-0.25, -0.2) is 0 Å². The van der Waals surface area contributed by atoms with Crippen molar-refractivity contribution in [3.8, 4) is 100 Å². The zero-order chi connectivity index (χ0) is 63.0. The molecule has 0 saturated carbocycles. The summed E-state index contributed by atoms with van der Waals surface area (Å²) in [5, 5.41) is 27.9. The van der Waals surface area contributed by atoms with Gasteiger partial charge in [0, 0.05) is 8.95 Å². The highest BCUT2D eigenvalue weighted by molar-refractivity contribution is 9.10. The first-order valence-corrected chi connectivity index (χ1v) is 32.8. The van der Waals surface area contributed by atoms with E-state index in [2.05, 4.69) is 335 Å². The van der Waals surface area contributed by atoms with E-state index in [1.54, 1.807) is 12.1 Å². The Hall–Kier alpha value is -10.5. The molecule has 2 N–H and O–H groups in total. The predicted octanol–water partition coefficient (Wildman–Crippen LogP) is 23.9. The summed E-state index contributed by atoms with van der Waals surface area (Å²) < 4.78 is 2.18. The van der Waals surface area contributed by atoms with Crippen LogP contribution in [-0.4, -0.2) is 17.2 Å². The molecular formula is C88H61BBr2O2. The molecule has 16 aromatic rings. The molecule has 0 bridgehead atoms. The van der Waals surface area contributed by atoms with E-state index in [9.17, 15) is 0 Å². The van der Waals surface area contributed by atoms with Crippen molar-refractivity contribution in [2.45, 2.75) is 0 Å². The first-order valence-electron chi connectivity index (χ1n) is 31.2. The summed E-state index contributed by atoms with van der Waals surface area (Å²) in [6.45, 7) is 0. The number of halogens is 2.